The van der Waals surface area contributed by atoms with E-state index in [9.17, 15) is 0 Å². The van der Waals surface area contributed by atoms with E-state index in [0.717, 1.165) is 51.3 Å². The number of aryl methyl sites for hydroxylation is 1. The van der Waals surface area contributed by atoms with Crippen LogP contribution in [0.2, 0.25) is 0 Å². The van der Waals surface area contributed by atoms with E-state index < -0.39 is 0 Å². The molecule has 4 heteroatoms. The fourth-order valence-corrected chi connectivity index (χ4v) is 2.80. The minimum absolute atomic E-state index is 0.353. The summed E-state index contributed by atoms with van der Waals surface area (Å²) < 4.78 is 11.6. The Morgan fingerprint density at radius 3 is 3.00 bits per heavy atom. The first-order valence-electron chi connectivity index (χ1n) is 6.79. The Labute approximate surface area is 108 Å². The number of rotatable bonds is 2. The van der Waals surface area contributed by atoms with Crippen molar-refractivity contribution in [2.75, 3.05) is 31.2 Å². The molecule has 3 heterocycles. The van der Waals surface area contributed by atoms with Crippen LogP contribution in [0.25, 0.3) is 0 Å². The van der Waals surface area contributed by atoms with Gasteiger partial charge in [-0.2, -0.15) is 0 Å². The van der Waals surface area contributed by atoms with Crippen LogP contribution in [-0.4, -0.2) is 37.1 Å². The summed E-state index contributed by atoms with van der Waals surface area (Å²) in [5.74, 6) is -0.353. The summed E-state index contributed by atoms with van der Waals surface area (Å²) in [6.45, 7) is 5.49. The highest BCUT2D eigenvalue weighted by Crippen LogP contribution is 2.32. The standard InChI is InChI=1S/C14H20N2O2/c1-2-12-10-13(4-6-15-12)16-7-3-5-14(11-16)17-8-9-18-14/h4,6,10H,2-3,5,7-9,11H2,1H3. The number of pyridine rings is 1. The van der Waals surface area contributed by atoms with Crippen molar-refractivity contribution < 1.29 is 9.47 Å². The largest absolute Gasteiger partial charge is 0.366 e. The topological polar surface area (TPSA) is 34.6 Å². The van der Waals surface area contributed by atoms with E-state index in [4.69, 9.17) is 9.47 Å². The average Bonchev–Trinajstić information content (AvgIpc) is 2.87. The predicted molar refractivity (Wildman–Crippen MR) is 69.7 cm³/mol. The average molecular weight is 248 g/mol. The van der Waals surface area contributed by atoms with Crippen LogP contribution in [0, 0.1) is 0 Å². The third-order valence-corrected chi connectivity index (χ3v) is 3.76. The van der Waals surface area contributed by atoms with Crippen molar-refractivity contribution in [1.82, 2.24) is 4.98 Å². The third-order valence-electron chi connectivity index (χ3n) is 3.76. The summed E-state index contributed by atoms with van der Waals surface area (Å²) in [6.07, 6.45) is 4.99. The van der Waals surface area contributed by atoms with Gasteiger partial charge < -0.3 is 14.4 Å². The maximum atomic E-state index is 5.81. The second kappa shape index (κ2) is 4.86. The Morgan fingerprint density at radius 1 is 1.39 bits per heavy atom. The number of nitrogens with zero attached hydrogens (tertiary/aromatic N) is 2. The zero-order valence-electron chi connectivity index (χ0n) is 10.9. The normalized spacial score (nSPS) is 22.6. The Morgan fingerprint density at radius 2 is 2.22 bits per heavy atom. The van der Waals surface area contributed by atoms with Gasteiger partial charge in [-0.1, -0.05) is 6.92 Å². The number of hydrogen-bond acceptors (Lipinski definition) is 4. The Kier molecular flexibility index (Phi) is 3.22. The molecule has 1 aromatic rings. The second-order valence-corrected chi connectivity index (χ2v) is 4.99. The van der Waals surface area contributed by atoms with Gasteiger partial charge >= 0.3 is 0 Å². The molecule has 2 saturated heterocycles. The maximum absolute atomic E-state index is 5.81. The number of hydrogen-bond donors (Lipinski definition) is 0. The van der Waals surface area contributed by atoms with Crippen molar-refractivity contribution in [3.8, 4) is 0 Å². The van der Waals surface area contributed by atoms with Crippen molar-refractivity contribution in [2.24, 2.45) is 0 Å². The van der Waals surface area contributed by atoms with Gasteiger partial charge in [-0.3, -0.25) is 4.98 Å². The molecule has 2 aliphatic rings. The van der Waals surface area contributed by atoms with E-state index in [-0.39, 0.29) is 5.79 Å². The van der Waals surface area contributed by atoms with Crippen molar-refractivity contribution in [3.05, 3.63) is 24.0 Å². The molecule has 0 aliphatic carbocycles. The van der Waals surface area contributed by atoms with Gasteiger partial charge in [0.25, 0.3) is 0 Å². The SMILES string of the molecule is CCc1cc(N2CCCC3(C2)OCCO3)ccn1. The fourth-order valence-electron chi connectivity index (χ4n) is 2.80. The van der Waals surface area contributed by atoms with E-state index in [1.54, 1.807) is 0 Å². The van der Waals surface area contributed by atoms with Crippen molar-refractivity contribution >= 4 is 5.69 Å². The van der Waals surface area contributed by atoms with Crippen molar-refractivity contribution in [2.45, 2.75) is 32.0 Å². The fraction of sp³-hybridized carbons (Fsp3) is 0.643. The van der Waals surface area contributed by atoms with Crippen molar-refractivity contribution in [1.29, 1.82) is 0 Å². The molecule has 1 spiro atoms. The molecular weight excluding hydrogens is 228 g/mol. The molecule has 3 rings (SSSR count). The monoisotopic (exact) mass is 248 g/mol. The first kappa shape index (κ1) is 11.9. The molecule has 0 amide bonds. The Balaban J connectivity index is 1.78. The van der Waals surface area contributed by atoms with E-state index in [2.05, 4.69) is 28.9 Å². The molecule has 0 radical (unpaired) electrons. The molecule has 18 heavy (non-hydrogen) atoms. The lowest BCUT2D eigenvalue weighted by Gasteiger charge is -2.39. The highest BCUT2D eigenvalue weighted by molar-refractivity contribution is 5.47. The van der Waals surface area contributed by atoms with Crippen LogP contribution >= 0.6 is 0 Å². The molecule has 0 aromatic carbocycles. The Hall–Kier alpha value is -1.13. The molecule has 0 unspecified atom stereocenters. The number of anilines is 1. The summed E-state index contributed by atoms with van der Waals surface area (Å²) in [6, 6.07) is 4.25. The van der Waals surface area contributed by atoms with Gasteiger partial charge in [-0.05, 0) is 25.0 Å². The smallest absolute Gasteiger partial charge is 0.186 e. The lowest BCUT2D eigenvalue weighted by Crippen LogP contribution is -2.49. The minimum atomic E-state index is -0.353. The maximum Gasteiger partial charge on any atom is 0.186 e. The van der Waals surface area contributed by atoms with E-state index >= 15 is 0 Å². The molecule has 2 fully saturated rings. The predicted octanol–water partition coefficient (Wildman–Crippen LogP) is 1.99. The third kappa shape index (κ3) is 2.22. The molecular formula is C14H20N2O2. The quantitative estimate of drug-likeness (QED) is 0.801. The van der Waals surface area contributed by atoms with Crippen LogP contribution in [0.5, 0.6) is 0 Å². The summed E-state index contributed by atoms with van der Waals surface area (Å²) in [7, 11) is 0. The van der Waals surface area contributed by atoms with Gasteiger partial charge in [0.2, 0.25) is 0 Å². The van der Waals surface area contributed by atoms with E-state index in [0.29, 0.717) is 0 Å². The number of ether oxygens (including phenoxy) is 2. The zero-order valence-corrected chi connectivity index (χ0v) is 10.9. The van der Waals surface area contributed by atoms with E-state index in [1.165, 1.54) is 5.69 Å². The summed E-state index contributed by atoms with van der Waals surface area (Å²) in [5.41, 5.74) is 2.38. The van der Waals surface area contributed by atoms with Gasteiger partial charge in [-0.25, -0.2) is 0 Å². The molecule has 0 atom stereocenters. The molecule has 2 aliphatic heterocycles. The Bertz CT molecular complexity index is 416. The molecule has 0 N–H and O–H groups in total. The molecule has 1 aromatic heterocycles. The van der Waals surface area contributed by atoms with Gasteiger partial charge in [0.05, 0.1) is 19.8 Å². The lowest BCUT2D eigenvalue weighted by molar-refractivity contribution is -0.161. The molecule has 0 bridgehead atoms. The van der Waals surface area contributed by atoms with Crippen LogP contribution in [0.1, 0.15) is 25.5 Å². The first-order valence-corrected chi connectivity index (χ1v) is 6.79. The summed E-state index contributed by atoms with van der Waals surface area (Å²) >= 11 is 0. The number of aromatic nitrogens is 1. The highest BCUT2D eigenvalue weighted by Gasteiger charge is 2.40. The summed E-state index contributed by atoms with van der Waals surface area (Å²) in [5, 5.41) is 0. The molecule has 0 saturated carbocycles. The number of piperidine rings is 1. The van der Waals surface area contributed by atoms with Gasteiger partial charge in [0.1, 0.15) is 0 Å². The molecule has 4 nitrogen and oxygen atoms in total. The van der Waals surface area contributed by atoms with E-state index in [1.807, 2.05) is 6.20 Å². The minimum Gasteiger partial charge on any atom is -0.366 e. The van der Waals surface area contributed by atoms with Crippen LogP contribution in [0.3, 0.4) is 0 Å². The first-order chi connectivity index (χ1) is 8.81. The van der Waals surface area contributed by atoms with Crippen LogP contribution < -0.4 is 4.90 Å². The van der Waals surface area contributed by atoms with Crippen LogP contribution in [-0.2, 0) is 15.9 Å². The second-order valence-electron chi connectivity index (χ2n) is 4.99. The van der Waals surface area contributed by atoms with Gasteiger partial charge in [-0.15, -0.1) is 0 Å². The van der Waals surface area contributed by atoms with Gasteiger partial charge in [0.15, 0.2) is 5.79 Å². The highest BCUT2D eigenvalue weighted by atomic mass is 16.7. The van der Waals surface area contributed by atoms with Gasteiger partial charge in [0, 0.05) is 30.5 Å². The lowest BCUT2D eigenvalue weighted by atomic mass is 10.0. The zero-order chi connectivity index (χ0) is 12.4. The molecule has 98 valence electrons. The summed E-state index contributed by atoms with van der Waals surface area (Å²) in [4.78, 5) is 6.71. The van der Waals surface area contributed by atoms with Crippen molar-refractivity contribution in [3.63, 3.8) is 0 Å². The van der Waals surface area contributed by atoms with Crippen LogP contribution in [0.15, 0.2) is 18.3 Å². The van der Waals surface area contributed by atoms with Crippen LogP contribution in [0.4, 0.5) is 5.69 Å².